The number of hydrogen-bond acceptors (Lipinski definition) is 9. The average molecular weight is 495 g/mol. The first-order valence-electron chi connectivity index (χ1n) is 12.0. The molecule has 3 aliphatic carbocycles. The van der Waals surface area contributed by atoms with Crippen molar-refractivity contribution in [2.45, 2.75) is 97.9 Å². The zero-order valence-corrected chi connectivity index (χ0v) is 21.5. The number of carbonyl (C=O) groups is 3. The molecular weight excluding hydrogens is 456 g/mol. The maximum absolute atomic E-state index is 12.4. The van der Waals surface area contributed by atoms with Crippen LogP contribution in [-0.2, 0) is 28.6 Å². The van der Waals surface area contributed by atoms with Crippen LogP contribution in [0, 0.1) is 22.7 Å². The summed E-state index contributed by atoms with van der Waals surface area (Å²) in [5.41, 5.74) is -0.678. The molecule has 0 unspecified atom stereocenters. The Bertz CT molecular complexity index is 950. The van der Waals surface area contributed by atoms with E-state index in [1.165, 1.54) is 20.8 Å². The zero-order valence-electron chi connectivity index (χ0n) is 21.5. The van der Waals surface area contributed by atoms with Gasteiger partial charge in [0.1, 0.15) is 6.10 Å². The highest BCUT2D eigenvalue weighted by molar-refractivity contribution is 5.68. The van der Waals surface area contributed by atoms with Gasteiger partial charge in [-0.3, -0.25) is 14.4 Å². The second-order valence-electron chi connectivity index (χ2n) is 11.0. The second kappa shape index (κ2) is 9.33. The molecule has 0 saturated heterocycles. The lowest BCUT2D eigenvalue weighted by molar-refractivity contribution is -0.224. The highest BCUT2D eigenvalue weighted by atomic mass is 16.6. The fourth-order valence-corrected chi connectivity index (χ4v) is 6.87. The fourth-order valence-electron chi connectivity index (χ4n) is 6.87. The molecule has 9 heteroatoms. The Kier molecular flexibility index (Phi) is 7.30. The molecule has 0 spiro atoms. The van der Waals surface area contributed by atoms with Gasteiger partial charge in [0.15, 0.2) is 12.2 Å². The van der Waals surface area contributed by atoms with E-state index in [0.29, 0.717) is 16.7 Å². The number of esters is 3. The van der Waals surface area contributed by atoms with E-state index in [0.717, 1.165) is 0 Å². The molecule has 0 aliphatic heterocycles. The van der Waals surface area contributed by atoms with Crippen LogP contribution in [0.25, 0.3) is 0 Å². The van der Waals surface area contributed by atoms with Crippen molar-refractivity contribution in [1.29, 1.82) is 0 Å². The molecule has 0 aromatic carbocycles. The van der Waals surface area contributed by atoms with Crippen LogP contribution in [0.2, 0.25) is 0 Å². The molecule has 9 atom stereocenters. The zero-order chi connectivity index (χ0) is 26.6. The summed E-state index contributed by atoms with van der Waals surface area (Å²) in [6, 6.07) is 0. The first-order valence-corrected chi connectivity index (χ1v) is 12.0. The van der Waals surface area contributed by atoms with Crippen molar-refractivity contribution in [3.8, 4) is 0 Å². The predicted octanol–water partition coefficient (Wildman–Crippen LogP) is 1.82. The number of hydrogen-bond donors (Lipinski definition) is 3. The Morgan fingerprint density at radius 2 is 1.43 bits per heavy atom. The van der Waals surface area contributed by atoms with Gasteiger partial charge in [-0.2, -0.15) is 0 Å². The number of rotatable bonds is 3. The normalized spacial score (nSPS) is 40.7. The van der Waals surface area contributed by atoms with Crippen LogP contribution >= 0.6 is 0 Å². The number of carbonyl (C=O) groups excluding carboxylic acids is 3. The lowest BCUT2D eigenvalue weighted by Crippen LogP contribution is -2.67. The van der Waals surface area contributed by atoms with Crippen LogP contribution in [0.4, 0.5) is 0 Å². The van der Waals surface area contributed by atoms with Crippen molar-refractivity contribution < 1.29 is 43.9 Å². The van der Waals surface area contributed by atoms with Gasteiger partial charge in [0.05, 0.1) is 23.7 Å². The SMILES string of the molecule is C=C1[C@@H](O)C[C@H](OC(C)=O)[C@@]2(C)[C@@H](OC(C)=O)[C@H](OC(C)=O)C3=C(C)[C@@H](O)C[C@@H]([C@@H](O)[C@H]12)C3(C)C. The molecule has 196 valence electrons. The number of aliphatic hydroxyl groups is 3. The van der Waals surface area contributed by atoms with Gasteiger partial charge < -0.3 is 29.5 Å². The molecule has 0 radical (unpaired) electrons. The molecule has 3 aliphatic rings. The summed E-state index contributed by atoms with van der Waals surface area (Å²) < 4.78 is 17.4. The summed E-state index contributed by atoms with van der Waals surface area (Å²) in [7, 11) is 0. The first-order chi connectivity index (χ1) is 16.0. The maximum Gasteiger partial charge on any atom is 0.303 e. The van der Waals surface area contributed by atoms with Gasteiger partial charge in [0.2, 0.25) is 0 Å². The van der Waals surface area contributed by atoms with Crippen LogP contribution in [-0.4, -0.2) is 69.9 Å². The Morgan fingerprint density at radius 3 is 1.94 bits per heavy atom. The van der Waals surface area contributed by atoms with Crippen molar-refractivity contribution in [3.63, 3.8) is 0 Å². The van der Waals surface area contributed by atoms with Gasteiger partial charge in [0, 0.05) is 33.1 Å². The van der Waals surface area contributed by atoms with Crippen molar-refractivity contribution in [3.05, 3.63) is 23.3 Å². The summed E-state index contributed by atoms with van der Waals surface area (Å²) in [4.78, 5) is 36.9. The second-order valence-corrected chi connectivity index (χ2v) is 11.0. The van der Waals surface area contributed by atoms with E-state index >= 15 is 0 Å². The van der Waals surface area contributed by atoms with E-state index in [1.54, 1.807) is 13.8 Å². The molecule has 3 N–H and O–H groups in total. The highest BCUT2D eigenvalue weighted by Crippen LogP contribution is 2.60. The quantitative estimate of drug-likeness (QED) is 0.304. The van der Waals surface area contributed by atoms with Gasteiger partial charge in [-0.25, -0.2) is 0 Å². The average Bonchev–Trinajstić information content (AvgIpc) is 2.70. The topological polar surface area (TPSA) is 140 Å². The summed E-state index contributed by atoms with van der Waals surface area (Å²) >= 11 is 0. The smallest absolute Gasteiger partial charge is 0.303 e. The van der Waals surface area contributed by atoms with Crippen molar-refractivity contribution >= 4 is 17.9 Å². The van der Waals surface area contributed by atoms with Crippen LogP contribution < -0.4 is 0 Å². The third kappa shape index (κ3) is 4.42. The van der Waals surface area contributed by atoms with E-state index in [1.807, 2.05) is 13.8 Å². The number of fused-ring (bicyclic) bond motifs is 3. The predicted molar refractivity (Wildman–Crippen MR) is 125 cm³/mol. The van der Waals surface area contributed by atoms with E-state index in [-0.39, 0.29) is 12.8 Å². The van der Waals surface area contributed by atoms with Gasteiger partial charge in [0.25, 0.3) is 0 Å². The third-order valence-corrected chi connectivity index (χ3v) is 8.47. The Hall–Kier alpha value is -2.23. The summed E-state index contributed by atoms with van der Waals surface area (Å²) in [5, 5.41) is 33.7. The molecule has 2 bridgehead atoms. The van der Waals surface area contributed by atoms with Gasteiger partial charge in [-0.1, -0.05) is 27.4 Å². The highest BCUT2D eigenvalue weighted by Gasteiger charge is 2.66. The molecule has 35 heavy (non-hydrogen) atoms. The van der Waals surface area contributed by atoms with E-state index in [2.05, 4.69) is 6.58 Å². The summed E-state index contributed by atoms with van der Waals surface area (Å²) in [6.45, 7) is 15.0. The molecule has 3 rings (SSSR count). The van der Waals surface area contributed by atoms with E-state index < -0.39 is 77.2 Å². The Balaban J connectivity index is 2.42. The van der Waals surface area contributed by atoms with Crippen LogP contribution in [0.1, 0.15) is 61.3 Å². The molecule has 0 aromatic rings. The molecule has 9 nitrogen and oxygen atoms in total. The Morgan fingerprint density at radius 1 is 0.886 bits per heavy atom. The van der Waals surface area contributed by atoms with Crippen LogP contribution in [0.3, 0.4) is 0 Å². The summed E-state index contributed by atoms with van der Waals surface area (Å²) in [5.74, 6) is -3.33. The van der Waals surface area contributed by atoms with Gasteiger partial charge in [-0.05, 0) is 41.4 Å². The lowest BCUT2D eigenvalue weighted by Gasteiger charge is -2.60. The molecule has 2 saturated carbocycles. The number of ether oxygens (including phenoxy) is 3. The molecule has 2 fully saturated rings. The lowest BCUT2D eigenvalue weighted by atomic mass is 9.48. The largest absolute Gasteiger partial charge is 0.462 e. The van der Waals surface area contributed by atoms with Crippen molar-refractivity contribution in [1.82, 2.24) is 0 Å². The molecule has 0 heterocycles. The summed E-state index contributed by atoms with van der Waals surface area (Å²) in [6.07, 6.45) is -6.31. The number of aliphatic hydroxyl groups excluding tert-OH is 3. The minimum atomic E-state index is -1.32. The van der Waals surface area contributed by atoms with Crippen molar-refractivity contribution in [2.75, 3.05) is 0 Å². The van der Waals surface area contributed by atoms with Crippen molar-refractivity contribution in [2.24, 2.45) is 22.7 Å². The molecular formula is C26H38O9. The molecule has 0 amide bonds. The minimum absolute atomic E-state index is 0.0304. The monoisotopic (exact) mass is 494 g/mol. The first kappa shape index (κ1) is 27.4. The Labute approximate surface area is 206 Å². The maximum atomic E-state index is 12.4. The van der Waals surface area contributed by atoms with Crippen LogP contribution in [0.5, 0.6) is 0 Å². The van der Waals surface area contributed by atoms with Gasteiger partial charge >= 0.3 is 17.9 Å². The van der Waals surface area contributed by atoms with E-state index in [9.17, 15) is 29.7 Å². The van der Waals surface area contributed by atoms with Gasteiger partial charge in [-0.15, -0.1) is 0 Å². The standard InChI is InChI=1S/C26H38O9/c1-11-18(31)10-19(33-13(3)27)26(8)20(11)22(32)16-9-17(30)12(2)21(25(16,6)7)23(34-14(4)28)24(26)35-15(5)29/h16-20,22-24,30-32H,1,9-10H2,2-8H3/t16-,17-,18-,19-,20-,22+,23+,24-,26+/m0/s1. The molecule has 0 aromatic heterocycles. The van der Waals surface area contributed by atoms with E-state index in [4.69, 9.17) is 14.2 Å². The minimum Gasteiger partial charge on any atom is -0.462 e. The fraction of sp³-hybridized carbons (Fsp3) is 0.731. The third-order valence-electron chi connectivity index (χ3n) is 8.47. The van der Waals surface area contributed by atoms with Crippen LogP contribution in [0.15, 0.2) is 23.3 Å².